The van der Waals surface area contributed by atoms with E-state index in [9.17, 15) is 4.79 Å². The third-order valence-electron chi connectivity index (χ3n) is 2.78. The molecule has 0 fully saturated rings. The van der Waals surface area contributed by atoms with Crippen molar-refractivity contribution in [2.75, 3.05) is 5.32 Å². The Labute approximate surface area is 123 Å². The number of pyridine rings is 1. The Morgan fingerprint density at radius 2 is 2.05 bits per heavy atom. The summed E-state index contributed by atoms with van der Waals surface area (Å²) in [5.41, 5.74) is 1.07. The minimum absolute atomic E-state index is 0.176. The zero-order valence-corrected chi connectivity index (χ0v) is 12.7. The predicted molar refractivity (Wildman–Crippen MR) is 79.1 cm³/mol. The van der Waals surface area contributed by atoms with Gasteiger partial charge < -0.3 is 5.32 Å². The first-order valence-corrected chi connectivity index (χ1v) is 6.62. The van der Waals surface area contributed by atoms with Crippen LogP contribution in [0.3, 0.4) is 0 Å². The molecule has 6 heteroatoms. The predicted octanol–water partition coefficient (Wildman–Crippen LogP) is 3.02. The molecule has 0 saturated carbocycles. The molecule has 0 aliphatic heterocycles. The Morgan fingerprint density at radius 1 is 1.35 bits per heavy atom. The van der Waals surface area contributed by atoms with Crippen LogP contribution in [0.5, 0.6) is 0 Å². The standard InChI is InChI=1S/C14H17ClN4O/c1-14(2,3)10-7-9(8-11(15)16-10)13(20)17-12-5-6-19(4)18-12/h5-8H,1-4H3,(H,17,18,20). The molecule has 0 aromatic carbocycles. The van der Waals surface area contributed by atoms with Crippen molar-refractivity contribution in [1.29, 1.82) is 0 Å². The first-order valence-electron chi connectivity index (χ1n) is 6.25. The van der Waals surface area contributed by atoms with E-state index in [2.05, 4.69) is 15.4 Å². The van der Waals surface area contributed by atoms with E-state index in [0.717, 1.165) is 5.69 Å². The van der Waals surface area contributed by atoms with Crippen molar-refractivity contribution in [1.82, 2.24) is 14.8 Å². The van der Waals surface area contributed by atoms with Crippen LogP contribution in [-0.4, -0.2) is 20.7 Å². The van der Waals surface area contributed by atoms with Crippen molar-refractivity contribution in [3.8, 4) is 0 Å². The highest BCUT2D eigenvalue weighted by Crippen LogP contribution is 2.23. The monoisotopic (exact) mass is 292 g/mol. The van der Waals surface area contributed by atoms with Gasteiger partial charge in [-0.05, 0) is 12.1 Å². The number of aromatic nitrogens is 3. The molecule has 2 aromatic rings. The third-order valence-corrected chi connectivity index (χ3v) is 2.97. The van der Waals surface area contributed by atoms with Crippen molar-refractivity contribution >= 4 is 23.3 Å². The molecule has 2 heterocycles. The van der Waals surface area contributed by atoms with E-state index in [4.69, 9.17) is 11.6 Å². The lowest BCUT2D eigenvalue weighted by atomic mass is 9.91. The average Bonchev–Trinajstić information content (AvgIpc) is 2.72. The quantitative estimate of drug-likeness (QED) is 0.866. The normalized spacial score (nSPS) is 11.4. The SMILES string of the molecule is Cn1ccc(NC(=O)c2cc(Cl)nc(C(C)(C)C)c2)n1. The summed E-state index contributed by atoms with van der Waals surface area (Å²) < 4.78 is 1.62. The van der Waals surface area contributed by atoms with Crippen LogP contribution in [0, 0.1) is 0 Å². The largest absolute Gasteiger partial charge is 0.305 e. The zero-order valence-electron chi connectivity index (χ0n) is 11.9. The number of anilines is 1. The Bertz CT molecular complexity index is 643. The lowest BCUT2D eigenvalue weighted by Crippen LogP contribution is -2.18. The van der Waals surface area contributed by atoms with Gasteiger partial charge in [-0.25, -0.2) is 4.98 Å². The maximum absolute atomic E-state index is 12.2. The first kappa shape index (κ1) is 14.5. The molecule has 0 unspecified atom stereocenters. The van der Waals surface area contributed by atoms with Crippen LogP contribution in [0.4, 0.5) is 5.82 Å². The summed E-state index contributed by atoms with van der Waals surface area (Å²) in [5, 5.41) is 7.14. The number of rotatable bonds is 2. The lowest BCUT2D eigenvalue weighted by Gasteiger charge is -2.18. The molecule has 106 valence electrons. The second-order valence-corrected chi connectivity index (χ2v) is 6.03. The van der Waals surface area contributed by atoms with E-state index in [1.54, 1.807) is 36.1 Å². The van der Waals surface area contributed by atoms with Gasteiger partial charge in [0.2, 0.25) is 0 Å². The second kappa shape index (κ2) is 5.25. The fourth-order valence-corrected chi connectivity index (χ4v) is 1.89. The van der Waals surface area contributed by atoms with Crippen LogP contribution in [0.15, 0.2) is 24.4 Å². The van der Waals surface area contributed by atoms with Crippen molar-refractivity contribution in [2.45, 2.75) is 26.2 Å². The number of hydrogen-bond acceptors (Lipinski definition) is 3. The molecule has 1 amide bonds. The van der Waals surface area contributed by atoms with E-state index in [0.29, 0.717) is 16.5 Å². The van der Waals surface area contributed by atoms with Crippen LogP contribution >= 0.6 is 11.6 Å². The van der Waals surface area contributed by atoms with E-state index >= 15 is 0 Å². The van der Waals surface area contributed by atoms with Crippen LogP contribution in [0.25, 0.3) is 0 Å². The highest BCUT2D eigenvalue weighted by Gasteiger charge is 2.19. The number of nitrogens with zero attached hydrogens (tertiary/aromatic N) is 3. The maximum atomic E-state index is 12.2. The topological polar surface area (TPSA) is 59.8 Å². The molecule has 2 rings (SSSR count). The smallest absolute Gasteiger partial charge is 0.257 e. The molecule has 0 radical (unpaired) electrons. The molecule has 0 spiro atoms. The van der Waals surface area contributed by atoms with Gasteiger partial charge in [0, 0.05) is 36.0 Å². The Hall–Kier alpha value is -1.88. The molecule has 0 bridgehead atoms. The Morgan fingerprint density at radius 3 is 2.60 bits per heavy atom. The number of hydrogen-bond donors (Lipinski definition) is 1. The summed E-state index contributed by atoms with van der Waals surface area (Å²) in [7, 11) is 1.79. The fraction of sp³-hybridized carbons (Fsp3) is 0.357. The molecule has 0 saturated heterocycles. The number of carbonyl (C=O) groups is 1. The summed E-state index contributed by atoms with van der Waals surface area (Å²) in [4.78, 5) is 16.5. The van der Waals surface area contributed by atoms with Crippen LogP contribution in [-0.2, 0) is 12.5 Å². The molecule has 0 atom stereocenters. The van der Waals surface area contributed by atoms with E-state index in [-0.39, 0.29) is 11.3 Å². The molecular weight excluding hydrogens is 276 g/mol. The lowest BCUT2D eigenvalue weighted by molar-refractivity contribution is 0.102. The van der Waals surface area contributed by atoms with Gasteiger partial charge in [-0.2, -0.15) is 5.10 Å². The van der Waals surface area contributed by atoms with Gasteiger partial charge in [0.05, 0.1) is 0 Å². The van der Waals surface area contributed by atoms with Gasteiger partial charge >= 0.3 is 0 Å². The van der Waals surface area contributed by atoms with Gasteiger partial charge in [-0.1, -0.05) is 32.4 Å². The minimum atomic E-state index is -0.251. The molecule has 5 nitrogen and oxygen atoms in total. The van der Waals surface area contributed by atoms with Crippen molar-refractivity contribution in [3.63, 3.8) is 0 Å². The summed E-state index contributed by atoms with van der Waals surface area (Å²) in [6, 6.07) is 5.03. The van der Waals surface area contributed by atoms with Gasteiger partial charge in [-0.15, -0.1) is 0 Å². The molecule has 1 N–H and O–H groups in total. The summed E-state index contributed by atoms with van der Waals surface area (Å²) in [5.74, 6) is 0.251. The van der Waals surface area contributed by atoms with E-state index < -0.39 is 0 Å². The van der Waals surface area contributed by atoms with Crippen molar-refractivity contribution in [2.24, 2.45) is 7.05 Å². The number of halogens is 1. The third kappa shape index (κ3) is 3.36. The number of nitrogens with one attached hydrogen (secondary N) is 1. The van der Waals surface area contributed by atoms with Gasteiger partial charge in [0.15, 0.2) is 5.82 Å². The average molecular weight is 293 g/mol. The van der Waals surface area contributed by atoms with Crippen molar-refractivity contribution < 1.29 is 4.79 Å². The molecule has 2 aromatic heterocycles. The summed E-state index contributed by atoms with van der Waals surface area (Å²) in [6.45, 7) is 6.06. The highest BCUT2D eigenvalue weighted by atomic mass is 35.5. The van der Waals surface area contributed by atoms with Gasteiger partial charge in [0.1, 0.15) is 5.15 Å². The second-order valence-electron chi connectivity index (χ2n) is 5.64. The van der Waals surface area contributed by atoms with Crippen LogP contribution < -0.4 is 5.32 Å². The Kier molecular flexibility index (Phi) is 3.81. The van der Waals surface area contributed by atoms with Gasteiger partial charge in [0.25, 0.3) is 5.91 Å². The molecule has 0 aliphatic carbocycles. The highest BCUT2D eigenvalue weighted by molar-refractivity contribution is 6.29. The first-order chi connectivity index (χ1) is 9.25. The van der Waals surface area contributed by atoms with E-state index in [1.807, 2.05) is 20.8 Å². The minimum Gasteiger partial charge on any atom is -0.305 e. The van der Waals surface area contributed by atoms with E-state index in [1.165, 1.54) is 0 Å². The number of carbonyl (C=O) groups excluding carboxylic acids is 1. The Balaban J connectivity index is 2.28. The number of amides is 1. The maximum Gasteiger partial charge on any atom is 0.257 e. The summed E-state index contributed by atoms with van der Waals surface area (Å²) in [6.07, 6.45) is 1.76. The van der Waals surface area contributed by atoms with Crippen LogP contribution in [0.2, 0.25) is 5.15 Å². The summed E-state index contributed by atoms with van der Waals surface area (Å²) >= 11 is 6.00. The van der Waals surface area contributed by atoms with Gasteiger partial charge in [-0.3, -0.25) is 9.48 Å². The molecule has 20 heavy (non-hydrogen) atoms. The van der Waals surface area contributed by atoms with Crippen molar-refractivity contribution in [3.05, 3.63) is 40.8 Å². The van der Waals surface area contributed by atoms with Crippen LogP contribution in [0.1, 0.15) is 36.8 Å². The fourth-order valence-electron chi connectivity index (χ4n) is 1.68. The zero-order chi connectivity index (χ0) is 14.9. The molecular formula is C14H17ClN4O. The number of aryl methyl sites for hydroxylation is 1. The molecule has 0 aliphatic rings.